The number of halogens is 3. The Hall–Kier alpha value is 0.0500. The monoisotopic (exact) mass is 292 g/mol. The number of benzene rings is 1. The highest BCUT2D eigenvalue weighted by Crippen LogP contribution is 2.45. The van der Waals surface area contributed by atoms with Crippen molar-refractivity contribution in [3.8, 4) is 0 Å². The van der Waals surface area contributed by atoms with Crippen LogP contribution in [0.25, 0.3) is 0 Å². The lowest BCUT2D eigenvalue weighted by Gasteiger charge is -2.42. The molecule has 17 heavy (non-hydrogen) atoms. The smallest absolute Gasteiger partial charge is 0.0696 e. The first kappa shape index (κ1) is 13.5. The SMILES string of the molecule is COC1(CC(Cl)c2cc(Cl)ccc2Cl)CCC1. The van der Waals surface area contributed by atoms with E-state index >= 15 is 0 Å². The molecule has 0 amide bonds. The number of hydrogen-bond donors (Lipinski definition) is 0. The van der Waals surface area contributed by atoms with Crippen LogP contribution in [0, 0.1) is 0 Å². The normalized spacial score (nSPS) is 19.8. The van der Waals surface area contributed by atoms with Gasteiger partial charge in [-0.2, -0.15) is 0 Å². The van der Waals surface area contributed by atoms with Crippen molar-refractivity contribution in [3.05, 3.63) is 33.8 Å². The van der Waals surface area contributed by atoms with Crippen molar-refractivity contribution in [2.75, 3.05) is 7.11 Å². The molecule has 94 valence electrons. The summed E-state index contributed by atoms with van der Waals surface area (Å²) < 4.78 is 5.58. The summed E-state index contributed by atoms with van der Waals surface area (Å²) in [7, 11) is 1.75. The first-order valence-corrected chi connectivity index (χ1v) is 6.90. The second-order valence-electron chi connectivity index (χ2n) is 4.58. The van der Waals surface area contributed by atoms with Crippen molar-refractivity contribution in [2.24, 2.45) is 0 Å². The van der Waals surface area contributed by atoms with Gasteiger partial charge in [0.05, 0.1) is 11.0 Å². The average molecular weight is 294 g/mol. The minimum absolute atomic E-state index is 0.0575. The summed E-state index contributed by atoms with van der Waals surface area (Å²) in [5.74, 6) is 0. The van der Waals surface area contributed by atoms with Crippen LogP contribution in [0.5, 0.6) is 0 Å². The topological polar surface area (TPSA) is 9.23 Å². The van der Waals surface area contributed by atoms with Crippen molar-refractivity contribution < 1.29 is 4.74 Å². The molecule has 0 N–H and O–H groups in total. The third-order valence-corrected chi connectivity index (χ3v) is 4.51. The molecule has 0 aliphatic heterocycles. The Morgan fingerprint density at radius 3 is 2.59 bits per heavy atom. The third-order valence-electron chi connectivity index (χ3n) is 3.54. The average Bonchev–Trinajstić information content (AvgIpc) is 2.26. The van der Waals surface area contributed by atoms with E-state index in [0.717, 1.165) is 24.8 Å². The molecule has 0 aromatic heterocycles. The lowest BCUT2D eigenvalue weighted by molar-refractivity contribution is -0.0780. The van der Waals surface area contributed by atoms with E-state index in [4.69, 9.17) is 39.5 Å². The molecule has 1 unspecified atom stereocenters. The molecular formula is C13H15Cl3O. The van der Waals surface area contributed by atoms with Gasteiger partial charge in [0.15, 0.2) is 0 Å². The van der Waals surface area contributed by atoms with Gasteiger partial charge in [-0.1, -0.05) is 23.2 Å². The van der Waals surface area contributed by atoms with Gasteiger partial charge < -0.3 is 4.74 Å². The fourth-order valence-corrected chi connectivity index (χ4v) is 3.20. The van der Waals surface area contributed by atoms with E-state index < -0.39 is 0 Å². The number of hydrogen-bond acceptors (Lipinski definition) is 1. The van der Waals surface area contributed by atoms with Crippen LogP contribution in [-0.2, 0) is 4.74 Å². The quantitative estimate of drug-likeness (QED) is 0.690. The summed E-state index contributed by atoms with van der Waals surface area (Å²) in [6.45, 7) is 0. The summed E-state index contributed by atoms with van der Waals surface area (Å²) in [6, 6.07) is 5.39. The Balaban J connectivity index is 2.13. The molecule has 4 heteroatoms. The van der Waals surface area contributed by atoms with Crippen molar-refractivity contribution in [1.82, 2.24) is 0 Å². The van der Waals surface area contributed by atoms with Crippen molar-refractivity contribution in [3.63, 3.8) is 0 Å². The molecule has 1 aliphatic rings. The van der Waals surface area contributed by atoms with Crippen LogP contribution in [0.1, 0.15) is 36.6 Å². The Labute approximate surface area is 117 Å². The first-order valence-electron chi connectivity index (χ1n) is 5.70. The van der Waals surface area contributed by atoms with E-state index in [9.17, 15) is 0 Å². The van der Waals surface area contributed by atoms with Crippen LogP contribution in [0.15, 0.2) is 18.2 Å². The number of rotatable bonds is 4. The summed E-state index contributed by atoms with van der Waals surface area (Å²) in [5.41, 5.74) is 0.835. The molecule has 1 aliphatic carbocycles. The first-order chi connectivity index (χ1) is 8.06. The molecule has 0 bridgehead atoms. The van der Waals surface area contributed by atoms with Crippen LogP contribution in [0.3, 0.4) is 0 Å². The van der Waals surface area contributed by atoms with Gasteiger partial charge in [-0.15, -0.1) is 11.6 Å². The van der Waals surface area contributed by atoms with Crippen molar-refractivity contribution in [1.29, 1.82) is 0 Å². The van der Waals surface area contributed by atoms with Gasteiger partial charge in [-0.3, -0.25) is 0 Å². The number of methoxy groups -OCH3 is 1. The van der Waals surface area contributed by atoms with E-state index in [2.05, 4.69) is 0 Å². The molecule has 1 aromatic rings. The zero-order valence-corrected chi connectivity index (χ0v) is 11.9. The Kier molecular flexibility index (Phi) is 4.25. The van der Waals surface area contributed by atoms with Gasteiger partial charge in [0.1, 0.15) is 0 Å². The Morgan fingerprint density at radius 1 is 1.35 bits per heavy atom. The summed E-state index contributed by atoms with van der Waals surface area (Å²) in [6.07, 6.45) is 4.14. The highest BCUT2D eigenvalue weighted by Gasteiger charge is 2.39. The van der Waals surface area contributed by atoms with Gasteiger partial charge in [0.2, 0.25) is 0 Å². The van der Waals surface area contributed by atoms with Gasteiger partial charge in [0, 0.05) is 17.2 Å². The van der Waals surface area contributed by atoms with Crippen LogP contribution in [0.2, 0.25) is 10.0 Å². The molecule has 1 saturated carbocycles. The van der Waals surface area contributed by atoms with Gasteiger partial charge in [-0.05, 0) is 49.4 Å². The minimum atomic E-state index is -0.151. The summed E-state index contributed by atoms with van der Waals surface area (Å²) in [5, 5.41) is 1.18. The molecule has 1 fully saturated rings. The largest absolute Gasteiger partial charge is 0.378 e. The van der Waals surface area contributed by atoms with Crippen LogP contribution in [0.4, 0.5) is 0 Å². The standard InChI is InChI=1S/C13H15Cl3O/c1-17-13(5-2-6-13)8-12(16)10-7-9(14)3-4-11(10)15/h3-4,7,12H,2,5-6,8H2,1H3. The number of ether oxygens (including phenoxy) is 1. The van der Waals surface area contributed by atoms with Gasteiger partial charge in [-0.25, -0.2) is 0 Å². The Morgan fingerprint density at radius 2 is 2.06 bits per heavy atom. The fourth-order valence-electron chi connectivity index (χ4n) is 2.25. The second kappa shape index (κ2) is 5.36. The molecule has 0 heterocycles. The minimum Gasteiger partial charge on any atom is -0.378 e. The highest BCUT2D eigenvalue weighted by atomic mass is 35.5. The zero-order chi connectivity index (χ0) is 12.5. The van der Waals surface area contributed by atoms with E-state index in [1.165, 1.54) is 6.42 Å². The van der Waals surface area contributed by atoms with Crippen LogP contribution < -0.4 is 0 Å². The molecule has 1 nitrogen and oxygen atoms in total. The molecule has 1 atom stereocenters. The summed E-state index contributed by atoms with van der Waals surface area (Å²) in [4.78, 5) is 0. The second-order valence-corrected chi connectivity index (χ2v) is 5.95. The molecule has 0 radical (unpaired) electrons. The lowest BCUT2D eigenvalue weighted by Crippen LogP contribution is -2.39. The third kappa shape index (κ3) is 2.90. The molecule has 2 rings (SSSR count). The maximum Gasteiger partial charge on any atom is 0.0696 e. The lowest BCUT2D eigenvalue weighted by atomic mass is 9.76. The molecule has 0 saturated heterocycles. The summed E-state index contributed by atoms with van der Waals surface area (Å²) >= 11 is 18.5. The maximum absolute atomic E-state index is 6.44. The van der Waals surface area contributed by atoms with E-state index in [1.807, 2.05) is 6.07 Å². The van der Waals surface area contributed by atoms with Gasteiger partial charge in [0.25, 0.3) is 0 Å². The van der Waals surface area contributed by atoms with Crippen molar-refractivity contribution >= 4 is 34.8 Å². The molecular weight excluding hydrogens is 279 g/mol. The van der Waals surface area contributed by atoms with Crippen molar-refractivity contribution in [2.45, 2.75) is 36.7 Å². The van der Waals surface area contributed by atoms with E-state index in [0.29, 0.717) is 10.0 Å². The predicted octanol–water partition coefficient (Wildman–Crippen LogP) is 5.23. The molecule has 1 aromatic carbocycles. The maximum atomic E-state index is 6.44. The highest BCUT2D eigenvalue weighted by molar-refractivity contribution is 6.34. The van der Waals surface area contributed by atoms with Crippen LogP contribution >= 0.6 is 34.8 Å². The molecule has 0 spiro atoms. The van der Waals surface area contributed by atoms with Gasteiger partial charge >= 0.3 is 0 Å². The Bertz CT molecular complexity index is 396. The zero-order valence-electron chi connectivity index (χ0n) is 9.68. The van der Waals surface area contributed by atoms with E-state index in [-0.39, 0.29) is 11.0 Å². The van der Waals surface area contributed by atoms with E-state index in [1.54, 1.807) is 19.2 Å². The predicted molar refractivity (Wildman–Crippen MR) is 73.3 cm³/mol. The fraction of sp³-hybridized carbons (Fsp3) is 0.538. The van der Waals surface area contributed by atoms with Crippen LogP contribution in [-0.4, -0.2) is 12.7 Å². The number of alkyl halides is 1.